The average molecular weight is 331 g/mol. The third-order valence-corrected chi connectivity index (χ3v) is 4.97. The Morgan fingerprint density at radius 1 is 1.21 bits per heavy atom. The molecule has 1 unspecified atom stereocenters. The quantitative estimate of drug-likeness (QED) is 0.814. The summed E-state index contributed by atoms with van der Waals surface area (Å²) in [6.07, 6.45) is 2.95. The molecule has 0 aliphatic carbocycles. The molecule has 132 valence electrons. The van der Waals surface area contributed by atoms with Crippen molar-refractivity contribution in [1.29, 1.82) is 0 Å². The predicted molar refractivity (Wildman–Crippen MR) is 92.6 cm³/mol. The number of nitrogens with zero attached hydrogens (tertiary/aromatic N) is 5. The SMILES string of the molecule is Cc1nn(C)c(C)c1CN1CCC(Cc2nnc(CC(C)C)o2)C1. The normalized spacial score (nSPS) is 18.8. The van der Waals surface area contributed by atoms with Crippen LogP contribution in [0.5, 0.6) is 0 Å². The Kier molecular flexibility index (Phi) is 5.04. The van der Waals surface area contributed by atoms with E-state index in [0.717, 1.165) is 50.0 Å². The van der Waals surface area contributed by atoms with Crippen molar-refractivity contribution >= 4 is 0 Å². The van der Waals surface area contributed by atoms with Gasteiger partial charge in [0.2, 0.25) is 11.8 Å². The summed E-state index contributed by atoms with van der Waals surface area (Å²) in [6.45, 7) is 11.8. The molecule has 3 heterocycles. The molecule has 2 aromatic rings. The third kappa shape index (κ3) is 3.86. The molecular weight excluding hydrogens is 302 g/mol. The fourth-order valence-corrected chi connectivity index (χ4v) is 3.54. The van der Waals surface area contributed by atoms with Crippen molar-refractivity contribution in [3.8, 4) is 0 Å². The predicted octanol–water partition coefficient (Wildman–Crippen LogP) is 2.68. The van der Waals surface area contributed by atoms with Crippen LogP contribution in [0.1, 0.15) is 49.0 Å². The molecule has 0 N–H and O–H groups in total. The third-order valence-electron chi connectivity index (χ3n) is 4.97. The molecule has 0 spiro atoms. The number of aryl methyl sites for hydroxylation is 2. The fraction of sp³-hybridized carbons (Fsp3) is 0.722. The lowest BCUT2D eigenvalue weighted by Crippen LogP contribution is -2.21. The van der Waals surface area contributed by atoms with E-state index < -0.39 is 0 Å². The highest BCUT2D eigenvalue weighted by molar-refractivity contribution is 5.24. The minimum atomic E-state index is 0.547. The van der Waals surface area contributed by atoms with Gasteiger partial charge in [0.1, 0.15) is 0 Å². The summed E-state index contributed by atoms with van der Waals surface area (Å²) in [4.78, 5) is 2.52. The second-order valence-corrected chi connectivity index (χ2v) is 7.55. The van der Waals surface area contributed by atoms with Crippen LogP contribution in [0.3, 0.4) is 0 Å². The van der Waals surface area contributed by atoms with Gasteiger partial charge in [-0.15, -0.1) is 10.2 Å². The molecule has 0 aromatic carbocycles. The maximum atomic E-state index is 5.80. The van der Waals surface area contributed by atoms with Gasteiger partial charge in [0.15, 0.2) is 0 Å². The maximum absolute atomic E-state index is 5.80. The molecule has 2 aromatic heterocycles. The van der Waals surface area contributed by atoms with E-state index in [9.17, 15) is 0 Å². The molecule has 6 heteroatoms. The van der Waals surface area contributed by atoms with Crippen LogP contribution in [0.2, 0.25) is 0 Å². The Hall–Kier alpha value is -1.69. The summed E-state index contributed by atoms with van der Waals surface area (Å²) in [7, 11) is 2.02. The van der Waals surface area contributed by atoms with Crippen LogP contribution in [0.25, 0.3) is 0 Å². The highest BCUT2D eigenvalue weighted by Crippen LogP contribution is 2.24. The Bertz CT molecular complexity index is 688. The number of hydrogen-bond donors (Lipinski definition) is 0. The topological polar surface area (TPSA) is 60.0 Å². The second kappa shape index (κ2) is 7.05. The largest absolute Gasteiger partial charge is 0.425 e. The van der Waals surface area contributed by atoms with E-state index in [4.69, 9.17) is 4.42 Å². The van der Waals surface area contributed by atoms with Crippen LogP contribution in [-0.2, 0) is 26.4 Å². The van der Waals surface area contributed by atoms with Gasteiger partial charge in [-0.1, -0.05) is 13.8 Å². The van der Waals surface area contributed by atoms with E-state index in [1.807, 2.05) is 11.7 Å². The van der Waals surface area contributed by atoms with Crippen molar-refractivity contribution < 1.29 is 4.42 Å². The van der Waals surface area contributed by atoms with Gasteiger partial charge < -0.3 is 4.42 Å². The van der Waals surface area contributed by atoms with E-state index in [1.165, 1.54) is 17.7 Å². The van der Waals surface area contributed by atoms with E-state index in [-0.39, 0.29) is 0 Å². The molecule has 1 atom stereocenters. The lowest BCUT2D eigenvalue weighted by Gasteiger charge is -2.16. The van der Waals surface area contributed by atoms with Gasteiger partial charge >= 0.3 is 0 Å². The summed E-state index contributed by atoms with van der Waals surface area (Å²) < 4.78 is 7.78. The molecule has 0 bridgehead atoms. The molecule has 0 saturated carbocycles. The number of hydrogen-bond acceptors (Lipinski definition) is 5. The first-order chi connectivity index (χ1) is 11.4. The van der Waals surface area contributed by atoms with Crippen molar-refractivity contribution in [2.45, 2.75) is 53.5 Å². The summed E-state index contributed by atoms with van der Waals surface area (Å²) in [5.74, 6) is 2.73. The summed E-state index contributed by atoms with van der Waals surface area (Å²) in [5, 5.41) is 12.9. The van der Waals surface area contributed by atoms with Crippen molar-refractivity contribution in [2.75, 3.05) is 13.1 Å². The fourth-order valence-electron chi connectivity index (χ4n) is 3.54. The molecular formula is C18H29N5O. The molecule has 1 fully saturated rings. The van der Waals surface area contributed by atoms with Gasteiger partial charge in [-0.05, 0) is 38.6 Å². The first kappa shape index (κ1) is 17.1. The van der Waals surface area contributed by atoms with E-state index in [0.29, 0.717) is 11.8 Å². The Morgan fingerprint density at radius 3 is 2.62 bits per heavy atom. The minimum absolute atomic E-state index is 0.547. The first-order valence-electron chi connectivity index (χ1n) is 8.95. The highest BCUT2D eigenvalue weighted by atomic mass is 16.4. The maximum Gasteiger partial charge on any atom is 0.216 e. The molecule has 1 aliphatic heterocycles. The standard InChI is InChI=1S/C18H29N5O/c1-12(2)8-17-19-20-18(24-17)9-15-6-7-23(10-15)11-16-13(3)21-22(5)14(16)4/h12,15H,6-11H2,1-5H3. The van der Waals surface area contributed by atoms with Gasteiger partial charge in [0.05, 0.1) is 5.69 Å². The van der Waals surface area contributed by atoms with Crippen molar-refractivity contribution in [1.82, 2.24) is 24.9 Å². The number of rotatable bonds is 6. The lowest BCUT2D eigenvalue weighted by atomic mass is 10.1. The molecule has 24 heavy (non-hydrogen) atoms. The van der Waals surface area contributed by atoms with Gasteiger partial charge in [0, 0.05) is 44.2 Å². The van der Waals surface area contributed by atoms with Crippen molar-refractivity contribution in [3.63, 3.8) is 0 Å². The molecule has 1 aliphatic rings. The first-order valence-corrected chi connectivity index (χ1v) is 8.95. The van der Waals surface area contributed by atoms with E-state index in [1.54, 1.807) is 0 Å². The number of likely N-dealkylation sites (tertiary alicyclic amines) is 1. The highest BCUT2D eigenvalue weighted by Gasteiger charge is 2.26. The lowest BCUT2D eigenvalue weighted by molar-refractivity contribution is 0.309. The van der Waals surface area contributed by atoms with Gasteiger partial charge in [-0.25, -0.2) is 0 Å². The molecule has 3 rings (SSSR count). The van der Waals surface area contributed by atoms with E-state index in [2.05, 4.69) is 47.9 Å². The monoisotopic (exact) mass is 331 g/mol. The summed E-state index contributed by atoms with van der Waals surface area (Å²) in [5.41, 5.74) is 3.79. The van der Waals surface area contributed by atoms with E-state index >= 15 is 0 Å². The molecule has 0 radical (unpaired) electrons. The zero-order valence-corrected chi connectivity index (χ0v) is 15.5. The van der Waals surface area contributed by atoms with Crippen LogP contribution in [0.4, 0.5) is 0 Å². The van der Waals surface area contributed by atoms with Crippen LogP contribution in [-0.4, -0.2) is 38.0 Å². The van der Waals surface area contributed by atoms with Gasteiger partial charge in [-0.2, -0.15) is 5.10 Å². The molecule has 1 saturated heterocycles. The second-order valence-electron chi connectivity index (χ2n) is 7.55. The van der Waals surface area contributed by atoms with Crippen LogP contribution in [0, 0.1) is 25.7 Å². The Labute approximate surface area is 144 Å². The average Bonchev–Trinajstić information content (AvgIpc) is 3.18. The Balaban J connectivity index is 1.54. The zero-order valence-electron chi connectivity index (χ0n) is 15.5. The summed E-state index contributed by atoms with van der Waals surface area (Å²) >= 11 is 0. The van der Waals surface area contributed by atoms with Gasteiger partial charge in [-0.3, -0.25) is 9.58 Å². The minimum Gasteiger partial charge on any atom is -0.425 e. The molecule has 6 nitrogen and oxygen atoms in total. The van der Waals surface area contributed by atoms with Crippen LogP contribution in [0.15, 0.2) is 4.42 Å². The van der Waals surface area contributed by atoms with Gasteiger partial charge in [0.25, 0.3) is 0 Å². The Morgan fingerprint density at radius 2 is 1.96 bits per heavy atom. The van der Waals surface area contributed by atoms with Crippen LogP contribution >= 0.6 is 0 Å². The molecule has 0 amide bonds. The van der Waals surface area contributed by atoms with Crippen molar-refractivity contribution in [2.24, 2.45) is 18.9 Å². The zero-order chi connectivity index (χ0) is 17.3. The van der Waals surface area contributed by atoms with Crippen LogP contribution < -0.4 is 0 Å². The number of aromatic nitrogens is 4. The summed E-state index contributed by atoms with van der Waals surface area (Å²) in [6, 6.07) is 0. The van der Waals surface area contributed by atoms with Crippen molar-refractivity contribution in [3.05, 3.63) is 28.7 Å². The smallest absolute Gasteiger partial charge is 0.216 e.